The molecular weight excluding hydrogens is 380 g/mol. The number of hydrogen-bond donors (Lipinski definition) is 1. The molecule has 2 N–H and O–H groups in total. The second-order valence-corrected chi connectivity index (χ2v) is 7.95. The Morgan fingerprint density at radius 1 is 1.00 bits per heavy atom. The van der Waals surface area contributed by atoms with Gasteiger partial charge in [-0.05, 0) is 48.6 Å². The molecule has 0 saturated carbocycles. The zero-order valence-electron chi connectivity index (χ0n) is 18.3. The molecule has 0 spiro atoms. The van der Waals surface area contributed by atoms with Gasteiger partial charge in [-0.2, -0.15) is 0 Å². The van der Waals surface area contributed by atoms with Gasteiger partial charge >= 0.3 is 0 Å². The molecule has 6 heteroatoms. The fourth-order valence-corrected chi connectivity index (χ4v) is 4.90. The van der Waals surface area contributed by atoms with Crippen LogP contribution in [-0.2, 0) is 6.42 Å². The van der Waals surface area contributed by atoms with E-state index < -0.39 is 0 Å². The molecule has 1 saturated heterocycles. The Labute approximate surface area is 177 Å². The normalized spacial score (nSPS) is 17.7. The third-order valence-electron chi connectivity index (χ3n) is 6.41. The number of ether oxygens (including phenoxy) is 3. The number of rotatable bonds is 5. The van der Waals surface area contributed by atoms with Crippen molar-refractivity contribution in [3.63, 3.8) is 0 Å². The van der Waals surface area contributed by atoms with E-state index in [-0.39, 0.29) is 11.5 Å². The van der Waals surface area contributed by atoms with Crippen LogP contribution >= 0.6 is 0 Å². The minimum Gasteiger partial charge on any atom is -0.493 e. The molecule has 30 heavy (non-hydrogen) atoms. The number of benzene rings is 1. The molecule has 1 heterocycles. The molecule has 0 amide bonds. The van der Waals surface area contributed by atoms with E-state index in [4.69, 9.17) is 14.2 Å². The zero-order chi connectivity index (χ0) is 21.3. The molecule has 2 aromatic rings. The molecule has 2 aromatic carbocycles. The first-order valence-electron chi connectivity index (χ1n) is 10.7. The molecule has 0 bridgehead atoms. The number of nitrogens with zero attached hydrogens (tertiary/aromatic N) is 1. The van der Waals surface area contributed by atoms with E-state index in [1.807, 2.05) is 18.2 Å². The quantitative estimate of drug-likeness (QED) is 0.819. The molecule has 1 fully saturated rings. The fourth-order valence-electron chi connectivity index (χ4n) is 4.90. The monoisotopic (exact) mass is 411 g/mol. The van der Waals surface area contributed by atoms with Crippen molar-refractivity contribution in [3.05, 3.63) is 45.6 Å². The summed E-state index contributed by atoms with van der Waals surface area (Å²) < 4.78 is 17.1. The number of quaternary nitrogens is 1. The van der Waals surface area contributed by atoms with Crippen LogP contribution in [0.1, 0.15) is 36.4 Å². The van der Waals surface area contributed by atoms with Crippen molar-refractivity contribution in [2.45, 2.75) is 31.7 Å². The van der Waals surface area contributed by atoms with Gasteiger partial charge in [-0.1, -0.05) is 6.07 Å². The second kappa shape index (κ2) is 8.56. The van der Waals surface area contributed by atoms with Gasteiger partial charge in [-0.25, -0.2) is 0 Å². The number of methoxy groups -OCH3 is 3. The Kier molecular flexibility index (Phi) is 5.86. The number of anilines is 1. The molecular formula is C24H31N2O4+. The first-order chi connectivity index (χ1) is 14.6. The van der Waals surface area contributed by atoms with Gasteiger partial charge in [0.2, 0.25) is 11.2 Å². The number of hydrogen-bond acceptors (Lipinski definition) is 5. The lowest BCUT2D eigenvalue weighted by Crippen LogP contribution is -2.81. The van der Waals surface area contributed by atoms with Crippen molar-refractivity contribution in [2.24, 2.45) is 0 Å². The summed E-state index contributed by atoms with van der Waals surface area (Å²) in [6.45, 7) is 1.89. The van der Waals surface area contributed by atoms with Gasteiger partial charge in [0.25, 0.3) is 0 Å². The van der Waals surface area contributed by atoms with Gasteiger partial charge in [0, 0.05) is 30.6 Å². The first-order valence-corrected chi connectivity index (χ1v) is 10.7. The number of nitrogens with two attached hydrogens (primary N) is 1. The Balaban J connectivity index is 2.02. The third-order valence-corrected chi connectivity index (χ3v) is 6.41. The number of aryl methyl sites for hydroxylation is 1. The standard InChI is InChI=1S/C24H30N2O4/c1-25-18-9-7-15-13-21(28-2)23(29-3)24(30-4)22(15)16-8-10-19(20(27)14-17(16)18)26-11-5-6-12-26/h8,10,13-14,18,25H,5-7,9,11-12H2,1-4H3/p+1/t18-/m0/s1. The zero-order valence-corrected chi connectivity index (χ0v) is 18.3. The largest absolute Gasteiger partial charge is 0.493 e. The average Bonchev–Trinajstić information content (AvgIpc) is 3.18. The van der Waals surface area contributed by atoms with Crippen LogP contribution in [0.4, 0.5) is 5.69 Å². The Morgan fingerprint density at radius 2 is 1.73 bits per heavy atom. The van der Waals surface area contributed by atoms with Crippen LogP contribution < -0.4 is 29.9 Å². The highest BCUT2D eigenvalue weighted by molar-refractivity contribution is 5.82. The van der Waals surface area contributed by atoms with E-state index in [1.165, 1.54) is 0 Å². The highest BCUT2D eigenvalue weighted by Gasteiger charge is 2.30. The molecule has 1 aliphatic heterocycles. The van der Waals surface area contributed by atoms with Gasteiger partial charge in [0.15, 0.2) is 11.5 Å². The molecule has 0 radical (unpaired) electrons. The van der Waals surface area contributed by atoms with Crippen LogP contribution in [0.3, 0.4) is 0 Å². The van der Waals surface area contributed by atoms with Crippen LogP contribution in [0.5, 0.6) is 17.2 Å². The molecule has 6 nitrogen and oxygen atoms in total. The van der Waals surface area contributed by atoms with E-state index in [2.05, 4.69) is 23.3 Å². The van der Waals surface area contributed by atoms with Gasteiger partial charge < -0.3 is 24.4 Å². The predicted octanol–water partition coefficient (Wildman–Crippen LogP) is 2.52. The highest BCUT2D eigenvalue weighted by Crippen LogP contribution is 2.49. The SMILES string of the molecule is C[NH2+][C@H]1CCc2cc(OC)c(OC)c(OC)c2-c2ccc(N3CCCC3)c(=O)cc21. The Hall–Kier alpha value is -2.73. The summed E-state index contributed by atoms with van der Waals surface area (Å²) in [6.07, 6.45) is 4.07. The lowest BCUT2D eigenvalue weighted by atomic mass is 9.95. The molecule has 0 unspecified atom stereocenters. The maximum Gasteiger partial charge on any atom is 0.203 e. The van der Waals surface area contributed by atoms with Gasteiger partial charge in [-0.3, -0.25) is 4.79 Å². The summed E-state index contributed by atoms with van der Waals surface area (Å²) in [5.41, 5.74) is 5.11. The topological polar surface area (TPSA) is 64.6 Å². The summed E-state index contributed by atoms with van der Waals surface area (Å²) in [4.78, 5) is 15.4. The Bertz CT molecular complexity index is 999. The second-order valence-electron chi connectivity index (χ2n) is 7.95. The van der Waals surface area contributed by atoms with Crippen LogP contribution in [0, 0.1) is 0 Å². The summed E-state index contributed by atoms with van der Waals surface area (Å²) in [5, 5.41) is 2.20. The van der Waals surface area contributed by atoms with Crippen LogP contribution in [0.25, 0.3) is 11.1 Å². The van der Waals surface area contributed by atoms with E-state index in [0.717, 1.165) is 66.7 Å². The van der Waals surface area contributed by atoms with Gasteiger partial charge in [0.1, 0.15) is 6.04 Å². The highest BCUT2D eigenvalue weighted by atomic mass is 16.5. The van der Waals surface area contributed by atoms with E-state index in [0.29, 0.717) is 17.2 Å². The molecule has 160 valence electrons. The fraction of sp³-hybridized carbons (Fsp3) is 0.458. The number of fused-ring (bicyclic) bond motifs is 3. The van der Waals surface area contributed by atoms with Crippen molar-refractivity contribution in [2.75, 3.05) is 46.4 Å². The first kappa shape index (κ1) is 20.5. The van der Waals surface area contributed by atoms with Crippen LogP contribution in [0.15, 0.2) is 29.1 Å². The summed E-state index contributed by atoms with van der Waals surface area (Å²) >= 11 is 0. The lowest BCUT2D eigenvalue weighted by Gasteiger charge is -2.19. The van der Waals surface area contributed by atoms with Crippen LogP contribution in [-0.4, -0.2) is 41.5 Å². The smallest absolute Gasteiger partial charge is 0.203 e. The van der Waals surface area contributed by atoms with Crippen molar-refractivity contribution >= 4 is 5.69 Å². The maximum atomic E-state index is 13.2. The lowest BCUT2D eigenvalue weighted by molar-refractivity contribution is -0.670. The van der Waals surface area contributed by atoms with E-state index in [9.17, 15) is 4.79 Å². The predicted molar refractivity (Wildman–Crippen MR) is 118 cm³/mol. The molecule has 1 atom stereocenters. The van der Waals surface area contributed by atoms with Gasteiger partial charge in [-0.15, -0.1) is 0 Å². The van der Waals surface area contributed by atoms with Crippen molar-refractivity contribution in [1.82, 2.24) is 0 Å². The Morgan fingerprint density at radius 3 is 2.37 bits per heavy atom. The molecule has 4 rings (SSSR count). The summed E-state index contributed by atoms with van der Waals surface area (Å²) in [7, 11) is 6.99. The van der Waals surface area contributed by atoms with Crippen molar-refractivity contribution in [1.29, 1.82) is 0 Å². The van der Waals surface area contributed by atoms with E-state index in [1.54, 1.807) is 21.3 Å². The third kappa shape index (κ3) is 3.39. The minimum atomic E-state index is 0.0906. The average molecular weight is 412 g/mol. The van der Waals surface area contributed by atoms with Gasteiger partial charge in [0.05, 0.1) is 34.1 Å². The molecule has 2 aliphatic rings. The van der Waals surface area contributed by atoms with E-state index >= 15 is 0 Å². The molecule has 1 aliphatic carbocycles. The van der Waals surface area contributed by atoms with Crippen molar-refractivity contribution < 1.29 is 19.5 Å². The summed E-state index contributed by atoms with van der Waals surface area (Å²) in [6, 6.07) is 8.18. The molecule has 0 aromatic heterocycles. The summed E-state index contributed by atoms with van der Waals surface area (Å²) in [5.74, 6) is 1.90. The minimum absolute atomic E-state index is 0.0906. The van der Waals surface area contributed by atoms with Crippen LogP contribution in [0.2, 0.25) is 0 Å². The van der Waals surface area contributed by atoms with Crippen molar-refractivity contribution in [3.8, 4) is 28.4 Å². The maximum absolute atomic E-state index is 13.2.